The van der Waals surface area contributed by atoms with E-state index in [1.807, 2.05) is 6.92 Å². The van der Waals surface area contributed by atoms with E-state index in [1.54, 1.807) is 4.31 Å². The monoisotopic (exact) mass is 318 g/mol. The van der Waals surface area contributed by atoms with Gasteiger partial charge in [-0.3, -0.25) is 0 Å². The van der Waals surface area contributed by atoms with Gasteiger partial charge in [-0.15, -0.1) is 0 Å². The molecule has 0 spiro atoms. The van der Waals surface area contributed by atoms with Gasteiger partial charge < -0.3 is 10.5 Å². The van der Waals surface area contributed by atoms with Gasteiger partial charge in [0.25, 0.3) is 0 Å². The van der Waals surface area contributed by atoms with Gasteiger partial charge in [0.05, 0.1) is 5.25 Å². The number of nitrogens with two attached hydrogens (primary N) is 1. The first-order valence-corrected chi connectivity index (χ1v) is 9.86. The zero-order chi connectivity index (χ0) is 15.3. The van der Waals surface area contributed by atoms with Gasteiger partial charge in [-0.2, -0.15) is 4.31 Å². The van der Waals surface area contributed by atoms with Crippen molar-refractivity contribution in [3.8, 4) is 0 Å². The number of ether oxygens (including phenoxy) is 1. The Labute approximate surface area is 129 Å². The Morgan fingerprint density at radius 3 is 2.33 bits per heavy atom. The number of nitrogens with zero attached hydrogens (tertiary/aromatic N) is 1. The molecule has 124 valence electrons. The Bertz CT molecular complexity index is 413. The lowest BCUT2D eigenvalue weighted by molar-refractivity contribution is 0.0920. The predicted molar refractivity (Wildman–Crippen MR) is 84.6 cm³/mol. The van der Waals surface area contributed by atoms with E-state index in [0.717, 1.165) is 32.1 Å². The van der Waals surface area contributed by atoms with Gasteiger partial charge in [0.1, 0.15) is 0 Å². The van der Waals surface area contributed by atoms with Crippen LogP contribution in [0.1, 0.15) is 58.3 Å². The molecule has 1 saturated heterocycles. The van der Waals surface area contributed by atoms with E-state index in [-0.39, 0.29) is 10.8 Å². The Hall–Kier alpha value is -0.170. The lowest BCUT2D eigenvalue weighted by Crippen LogP contribution is -2.59. The average molecular weight is 318 g/mol. The first-order valence-electron chi connectivity index (χ1n) is 8.36. The fraction of sp³-hybridized carbons (Fsp3) is 1.00. The molecule has 2 N–H and O–H groups in total. The molecule has 0 aromatic carbocycles. The number of sulfonamides is 1. The molecule has 1 saturated carbocycles. The summed E-state index contributed by atoms with van der Waals surface area (Å²) in [4.78, 5) is 0. The van der Waals surface area contributed by atoms with Gasteiger partial charge in [-0.1, -0.05) is 26.2 Å². The Morgan fingerprint density at radius 1 is 1.19 bits per heavy atom. The second kappa shape index (κ2) is 7.40. The highest BCUT2D eigenvalue weighted by Gasteiger charge is 2.45. The maximum Gasteiger partial charge on any atom is 0.217 e. The smallest absolute Gasteiger partial charge is 0.217 e. The van der Waals surface area contributed by atoms with Crippen molar-refractivity contribution < 1.29 is 13.2 Å². The van der Waals surface area contributed by atoms with Gasteiger partial charge in [0, 0.05) is 31.8 Å². The van der Waals surface area contributed by atoms with Gasteiger partial charge in [0.2, 0.25) is 10.0 Å². The third kappa shape index (κ3) is 3.60. The molecule has 0 aromatic heterocycles. The van der Waals surface area contributed by atoms with E-state index in [4.69, 9.17) is 10.5 Å². The Balaban J connectivity index is 2.27. The first kappa shape index (κ1) is 17.2. The number of rotatable bonds is 6. The topological polar surface area (TPSA) is 72.6 Å². The molecule has 0 radical (unpaired) electrons. The summed E-state index contributed by atoms with van der Waals surface area (Å²) in [6.45, 7) is 4.19. The largest absolute Gasteiger partial charge is 0.381 e. The maximum absolute atomic E-state index is 13.2. The molecule has 1 heterocycles. The summed E-state index contributed by atoms with van der Waals surface area (Å²) in [5.41, 5.74) is 5.72. The second-order valence-corrected chi connectivity index (χ2v) is 8.56. The van der Waals surface area contributed by atoms with Gasteiger partial charge >= 0.3 is 0 Å². The summed E-state index contributed by atoms with van der Waals surface area (Å²) in [7, 11) is -3.28. The third-order valence-corrected chi connectivity index (χ3v) is 7.51. The van der Waals surface area contributed by atoms with Crippen LogP contribution in [0, 0.1) is 0 Å². The molecule has 0 atom stereocenters. The molecular formula is C15H30N2O3S. The van der Waals surface area contributed by atoms with Crippen molar-refractivity contribution in [2.45, 2.75) is 69.1 Å². The summed E-state index contributed by atoms with van der Waals surface area (Å²) in [6, 6.07) is 0. The zero-order valence-electron chi connectivity index (χ0n) is 13.2. The minimum Gasteiger partial charge on any atom is -0.381 e. The van der Waals surface area contributed by atoms with Crippen molar-refractivity contribution in [2.24, 2.45) is 5.73 Å². The zero-order valence-corrected chi connectivity index (χ0v) is 14.0. The summed E-state index contributed by atoms with van der Waals surface area (Å²) in [5, 5.41) is -0.289. The molecule has 0 aromatic rings. The summed E-state index contributed by atoms with van der Waals surface area (Å²) in [5.74, 6) is 0. The second-order valence-electron chi connectivity index (χ2n) is 6.42. The van der Waals surface area contributed by atoms with Gasteiger partial charge in [-0.25, -0.2) is 8.42 Å². The molecule has 0 unspecified atom stereocenters. The van der Waals surface area contributed by atoms with Crippen molar-refractivity contribution in [3.05, 3.63) is 0 Å². The van der Waals surface area contributed by atoms with Crippen molar-refractivity contribution >= 4 is 10.0 Å². The highest BCUT2D eigenvalue weighted by Crippen LogP contribution is 2.37. The molecule has 0 bridgehead atoms. The first-order chi connectivity index (χ1) is 10.1. The molecule has 6 heteroatoms. The molecule has 2 rings (SSSR count). The van der Waals surface area contributed by atoms with Crippen LogP contribution in [-0.4, -0.2) is 49.8 Å². The van der Waals surface area contributed by atoms with Crippen LogP contribution >= 0.6 is 0 Å². The quantitative estimate of drug-likeness (QED) is 0.811. The minimum absolute atomic E-state index is 0.289. The molecule has 21 heavy (non-hydrogen) atoms. The standard InChI is InChI=1S/C15H30N2O3S/c1-2-10-17(15(13-16)8-4-3-5-9-15)21(18,19)14-6-11-20-12-7-14/h14H,2-13,16H2,1H3. The predicted octanol–water partition coefficient (Wildman–Crippen LogP) is 1.87. The van der Waals surface area contributed by atoms with Crippen LogP contribution in [-0.2, 0) is 14.8 Å². The van der Waals surface area contributed by atoms with E-state index in [0.29, 0.717) is 39.1 Å². The molecule has 1 aliphatic carbocycles. The summed E-state index contributed by atoms with van der Waals surface area (Å²) in [6.07, 6.45) is 7.24. The van der Waals surface area contributed by atoms with Crippen LogP contribution in [0.3, 0.4) is 0 Å². The normalized spacial score (nSPS) is 24.3. The lowest BCUT2D eigenvalue weighted by Gasteiger charge is -2.46. The maximum atomic E-state index is 13.2. The molecule has 2 fully saturated rings. The minimum atomic E-state index is -3.28. The Kier molecular flexibility index (Phi) is 6.05. The van der Waals surface area contributed by atoms with E-state index >= 15 is 0 Å². The van der Waals surface area contributed by atoms with Crippen molar-refractivity contribution in [2.75, 3.05) is 26.3 Å². The third-order valence-electron chi connectivity index (χ3n) is 5.02. The van der Waals surface area contributed by atoms with Crippen LogP contribution in [0.15, 0.2) is 0 Å². The van der Waals surface area contributed by atoms with Crippen molar-refractivity contribution in [1.82, 2.24) is 4.31 Å². The van der Waals surface area contributed by atoms with Crippen LogP contribution in [0.4, 0.5) is 0 Å². The van der Waals surface area contributed by atoms with Crippen LogP contribution in [0.2, 0.25) is 0 Å². The summed E-state index contributed by atoms with van der Waals surface area (Å²) >= 11 is 0. The Morgan fingerprint density at radius 2 is 1.81 bits per heavy atom. The number of hydrogen-bond donors (Lipinski definition) is 1. The SMILES string of the molecule is CCCN(C1(CN)CCCCC1)S(=O)(=O)C1CCOCC1. The van der Waals surface area contributed by atoms with E-state index in [1.165, 1.54) is 6.42 Å². The lowest BCUT2D eigenvalue weighted by atomic mass is 9.81. The molecular weight excluding hydrogens is 288 g/mol. The van der Waals surface area contributed by atoms with Crippen LogP contribution < -0.4 is 5.73 Å². The van der Waals surface area contributed by atoms with E-state index < -0.39 is 10.0 Å². The molecule has 5 nitrogen and oxygen atoms in total. The van der Waals surface area contributed by atoms with Crippen LogP contribution in [0.5, 0.6) is 0 Å². The summed E-state index contributed by atoms with van der Waals surface area (Å²) < 4.78 is 33.4. The van der Waals surface area contributed by atoms with E-state index in [2.05, 4.69) is 0 Å². The number of hydrogen-bond acceptors (Lipinski definition) is 4. The van der Waals surface area contributed by atoms with Crippen LogP contribution in [0.25, 0.3) is 0 Å². The van der Waals surface area contributed by atoms with Crippen molar-refractivity contribution in [1.29, 1.82) is 0 Å². The highest BCUT2D eigenvalue weighted by atomic mass is 32.2. The van der Waals surface area contributed by atoms with Crippen molar-refractivity contribution in [3.63, 3.8) is 0 Å². The molecule has 2 aliphatic rings. The highest BCUT2D eigenvalue weighted by molar-refractivity contribution is 7.89. The fourth-order valence-corrected chi connectivity index (χ4v) is 6.14. The molecule has 0 amide bonds. The van der Waals surface area contributed by atoms with Gasteiger partial charge in [0.15, 0.2) is 0 Å². The van der Waals surface area contributed by atoms with E-state index in [9.17, 15) is 8.42 Å². The van der Waals surface area contributed by atoms with Gasteiger partial charge in [-0.05, 0) is 32.1 Å². The average Bonchev–Trinajstić information content (AvgIpc) is 2.54. The molecule has 1 aliphatic heterocycles. The fourth-order valence-electron chi connectivity index (χ4n) is 3.76.